The fourth-order valence-electron chi connectivity index (χ4n) is 1.96. The third-order valence-electron chi connectivity index (χ3n) is 3.27. The zero-order valence-electron chi connectivity index (χ0n) is 13.0. The van der Waals surface area contributed by atoms with E-state index in [1.165, 1.54) is 17.7 Å². The van der Waals surface area contributed by atoms with Gasteiger partial charge in [0, 0.05) is 5.69 Å². The lowest BCUT2D eigenvalue weighted by molar-refractivity contribution is 0.0941. The van der Waals surface area contributed by atoms with E-state index in [0.717, 1.165) is 5.69 Å². The average molecular weight is 329 g/mol. The van der Waals surface area contributed by atoms with Gasteiger partial charge in [0.2, 0.25) is 0 Å². The highest BCUT2D eigenvalue weighted by atomic mass is 32.1. The maximum atomic E-state index is 11.9. The number of carbonyl (C=O) groups excluding carboxylic acids is 1. The van der Waals surface area contributed by atoms with Crippen LogP contribution in [0.25, 0.3) is 0 Å². The molecule has 0 heterocycles. The normalized spacial score (nSPS) is 10.2. The quantitative estimate of drug-likeness (QED) is 0.514. The van der Waals surface area contributed by atoms with Crippen LogP contribution in [-0.4, -0.2) is 16.1 Å². The predicted octanol–water partition coefficient (Wildman–Crippen LogP) is 3.15. The first-order valence-electron chi connectivity index (χ1n) is 7.22. The molecule has 23 heavy (non-hydrogen) atoms. The van der Waals surface area contributed by atoms with Crippen molar-refractivity contribution < 1.29 is 9.90 Å². The zero-order chi connectivity index (χ0) is 16.8. The van der Waals surface area contributed by atoms with Crippen molar-refractivity contribution in [3.05, 3.63) is 59.7 Å². The standard InChI is InChI=1S/C17H19N3O2S/c1-11(2)12-7-9-13(10-8-12)18-17(23)20-19-16(22)14-5-3-4-6-15(14)21/h3-11,21H,1-2H3,(H,19,22)(H2,18,20,23). The van der Waals surface area contributed by atoms with Gasteiger partial charge >= 0.3 is 0 Å². The van der Waals surface area contributed by atoms with Gasteiger partial charge in [-0.25, -0.2) is 0 Å². The second kappa shape index (κ2) is 7.60. The number of amides is 1. The van der Waals surface area contributed by atoms with Crippen molar-refractivity contribution >= 4 is 28.9 Å². The van der Waals surface area contributed by atoms with E-state index < -0.39 is 5.91 Å². The van der Waals surface area contributed by atoms with Crippen molar-refractivity contribution in [3.63, 3.8) is 0 Å². The molecule has 0 saturated carbocycles. The number of para-hydroxylation sites is 1. The van der Waals surface area contributed by atoms with Gasteiger partial charge in [-0.2, -0.15) is 0 Å². The minimum absolute atomic E-state index is 0.0880. The molecule has 0 saturated heterocycles. The molecule has 0 radical (unpaired) electrons. The highest BCUT2D eigenvalue weighted by molar-refractivity contribution is 7.80. The van der Waals surface area contributed by atoms with Gasteiger partial charge in [-0.05, 0) is 48.0 Å². The molecule has 2 aromatic rings. The van der Waals surface area contributed by atoms with Gasteiger partial charge in [-0.15, -0.1) is 0 Å². The molecule has 0 aliphatic rings. The van der Waals surface area contributed by atoms with Crippen molar-refractivity contribution in [2.24, 2.45) is 0 Å². The van der Waals surface area contributed by atoms with Gasteiger partial charge in [0.05, 0.1) is 5.56 Å². The number of nitrogens with one attached hydrogen (secondary N) is 3. The Morgan fingerprint density at radius 1 is 1.04 bits per heavy atom. The van der Waals surface area contributed by atoms with Gasteiger partial charge in [0.25, 0.3) is 5.91 Å². The molecule has 2 aromatic carbocycles. The number of aromatic hydroxyl groups is 1. The van der Waals surface area contributed by atoms with E-state index in [9.17, 15) is 9.90 Å². The summed E-state index contributed by atoms with van der Waals surface area (Å²) in [5.74, 6) is -0.0932. The average Bonchev–Trinajstić information content (AvgIpc) is 2.53. The number of hydrogen-bond donors (Lipinski definition) is 4. The molecular weight excluding hydrogens is 310 g/mol. The fraction of sp³-hybridized carbons (Fsp3) is 0.176. The van der Waals surface area contributed by atoms with Crippen molar-refractivity contribution in [3.8, 4) is 5.75 Å². The van der Waals surface area contributed by atoms with Crippen LogP contribution in [0.1, 0.15) is 35.7 Å². The largest absolute Gasteiger partial charge is 0.507 e. The molecule has 2 rings (SSSR count). The summed E-state index contributed by atoms with van der Waals surface area (Å²) in [5, 5.41) is 12.8. The van der Waals surface area contributed by atoms with Crippen LogP contribution in [0.4, 0.5) is 5.69 Å². The van der Waals surface area contributed by atoms with Crippen molar-refractivity contribution in [1.82, 2.24) is 10.9 Å². The Labute approximate surface area is 140 Å². The third kappa shape index (κ3) is 4.69. The number of thiocarbonyl (C=S) groups is 1. The Morgan fingerprint density at radius 2 is 1.70 bits per heavy atom. The summed E-state index contributed by atoms with van der Waals surface area (Å²) in [6.45, 7) is 4.26. The molecule has 120 valence electrons. The smallest absolute Gasteiger partial charge is 0.273 e. The van der Waals surface area contributed by atoms with Crippen LogP contribution < -0.4 is 16.2 Å². The van der Waals surface area contributed by atoms with Crippen molar-refractivity contribution in [1.29, 1.82) is 0 Å². The molecule has 5 nitrogen and oxygen atoms in total. The SMILES string of the molecule is CC(C)c1ccc(NC(=S)NNC(=O)c2ccccc2O)cc1. The Hall–Kier alpha value is -2.60. The zero-order valence-corrected chi connectivity index (χ0v) is 13.8. The molecule has 0 atom stereocenters. The van der Waals surface area contributed by atoms with E-state index in [-0.39, 0.29) is 16.4 Å². The number of carbonyl (C=O) groups is 1. The van der Waals surface area contributed by atoms with E-state index in [2.05, 4.69) is 30.0 Å². The lowest BCUT2D eigenvalue weighted by Gasteiger charge is -2.13. The molecule has 6 heteroatoms. The lowest BCUT2D eigenvalue weighted by atomic mass is 10.0. The van der Waals surface area contributed by atoms with Gasteiger partial charge < -0.3 is 10.4 Å². The molecule has 0 fully saturated rings. The molecule has 0 aliphatic heterocycles. The van der Waals surface area contributed by atoms with Crippen LogP contribution in [0.3, 0.4) is 0 Å². The van der Waals surface area contributed by atoms with Crippen LogP contribution in [-0.2, 0) is 0 Å². The van der Waals surface area contributed by atoms with Crippen molar-refractivity contribution in [2.75, 3.05) is 5.32 Å². The van der Waals surface area contributed by atoms with Gasteiger partial charge in [0.1, 0.15) is 5.75 Å². The molecule has 0 aromatic heterocycles. The Kier molecular flexibility index (Phi) is 5.54. The highest BCUT2D eigenvalue weighted by Gasteiger charge is 2.10. The number of hydrogen-bond acceptors (Lipinski definition) is 3. The monoisotopic (exact) mass is 329 g/mol. The van der Waals surface area contributed by atoms with Crippen LogP contribution in [0.2, 0.25) is 0 Å². The lowest BCUT2D eigenvalue weighted by Crippen LogP contribution is -2.43. The molecule has 0 bridgehead atoms. The summed E-state index contributed by atoms with van der Waals surface area (Å²) in [6.07, 6.45) is 0. The molecule has 0 aliphatic carbocycles. The van der Waals surface area contributed by atoms with Crippen LogP contribution in [0.15, 0.2) is 48.5 Å². The molecule has 1 amide bonds. The number of hydrazine groups is 1. The Bertz CT molecular complexity index is 699. The fourth-order valence-corrected chi connectivity index (χ4v) is 2.13. The maximum absolute atomic E-state index is 11.9. The van der Waals surface area contributed by atoms with Crippen LogP contribution in [0.5, 0.6) is 5.75 Å². The van der Waals surface area contributed by atoms with E-state index in [0.29, 0.717) is 5.92 Å². The first-order valence-corrected chi connectivity index (χ1v) is 7.63. The third-order valence-corrected chi connectivity index (χ3v) is 3.48. The van der Waals surface area contributed by atoms with E-state index in [1.807, 2.05) is 24.3 Å². The molecule has 0 spiro atoms. The highest BCUT2D eigenvalue weighted by Crippen LogP contribution is 2.17. The summed E-state index contributed by atoms with van der Waals surface area (Å²) in [7, 11) is 0. The second-order valence-electron chi connectivity index (χ2n) is 5.33. The first-order chi connectivity index (χ1) is 11.0. The van der Waals surface area contributed by atoms with E-state index in [4.69, 9.17) is 12.2 Å². The number of rotatable bonds is 3. The predicted molar refractivity (Wildman–Crippen MR) is 95.5 cm³/mol. The van der Waals surface area contributed by atoms with Gasteiger partial charge in [0.15, 0.2) is 5.11 Å². The number of benzene rings is 2. The Morgan fingerprint density at radius 3 is 2.30 bits per heavy atom. The Balaban J connectivity index is 1.88. The number of phenolic OH excluding ortho intramolecular Hbond substituents is 1. The van der Waals surface area contributed by atoms with Gasteiger partial charge in [-0.3, -0.25) is 15.6 Å². The minimum Gasteiger partial charge on any atom is -0.507 e. The van der Waals surface area contributed by atoms with Crippen LogP contribution >= 0.6 is 12.2 Å². The summed E-state index contributed by atoms with van der Waals surface area (Å²) >= 11 is 5.12. The topological polar surface area (TPSA) is 73.4 Å². The van der Waals surface area contributed by atoms with E-state index >= 15 is 0 Å². The van der Waals surface area contributed by atoms with Gasteiger partial charge in [-0.1, -0.05) is 38.1 Å². The van der Waals surface area contributed by atoms with Crippen LogP contribution in [0, 0.1) is 0 Å². The summed E-state index contributed by atoms with van der Waals surface area (Å²) in [5.41, 5.74) is 7.27. The minimum atomic E-state index is -0.470. The second-order valence-corrected chi connectivity index (χ2v) is 5.74. The summed E-state index contributed by atoms with van der Waals surface area (Å²) in [4.78, 5) is 11.9. The number of anilines is 1. The first kappa shape index (κ1) is 16.8. The molecular formula is C17H19N3O2S. The van der Waals surface area contributed by atoms with E-state index in [1.54, 1.807) is 12.1 Å². The maximum Gasteiger partial charge on any atom is 0.273 e. The molecule has 4 N–H and O–H groups in total. The van der Waals surface area contributed by atoms with Crippen molar-refractivity contribution in [2.45, 2.75) is 19.8 Å². The number of phenols is 1. The summed E-state index contributed by atoms with van der Waals surface area (Å²) in [6, 6.07) is 14.2. The summed E-state index contributed by atoms with van der Waals surface area (Å²) < 4.78 is 0. The molecule has 0 unspecified atom stereocenters.